The van der Waals surface area contributed by atoms with Crippen LogP contribution in [-0.2, 0) is 9.53 Å². The predicted octanol–water partition coefficient (Wildman–Crippen LogP) is 5.51. The first-order chi connectivity index (χ1) is 13.9. The number of non-ortho nitro benzene ring substituents is 1. The van der Waals surface area contributed by atoms with Gasteiger partial charge < -0.3 is 9.15 Å². The molecule has 0 spiro atoms. The Balaban J connectivity index is 1.66. The number of esters is 1. The molecule has 1 aromatic heterocycles. The fourth-order valence-corrected chi connectivity index (χ4v) is 3.07. The molecule has 29 heavy (non-hydrogen) atoms. The molecule has 7 nitrogen and oxygen atoms in total. The minimum atomic E-state index is -0.719. The zero-order valence-electron chi connectivity index (χ0n) is 14.5. The van der Waals surface area contributed by atoms with Crippen molar-refractivity contribution >= 4 is 46.8 Å². The summed E-state index contributed by atoms with van der Waals surface area (Å²) >= 11 is 12.1. The molecule has 144 valence electrons. The van der Waals surface area contributed by atoms with Crippen LogP contribution in [0.3, 0.4) is 0 Å². The van der Waals surface area contributed by atoms with E-state index in [4.69, 9.17) is 32.4 Å². The van der Waals surface area contributed by atoms with E-state index in [9.17, 15) is 14.9 Å². The van der Waals surface area contributed by atoms with E-state index in [1.54, 1.807) is 30.3 Å². The van der Waals surface area contributed by atoms with Crippen molar-refractivity contribution in [3.05, 3.63) is 91.8 Å². The average molecular weight is 429 g/mol. The van der Waals surface area contributed by atoms with Crippen LogP contribution in [0.25, 0.3) is 17.4 Å². The van der Waals surface area contributed by atoms with Gasteiger partial charge in [-0.15, -0.1) is 0 Å². The molecule has 2 aromatic carbocycles. The largest absolute Gasteiger partial charge is 0.457 e. The van der Waals surface area contributed by atoms with Gasteiger partial charge in [-0.2, -0.15) is 0 Å². The van der Waals surface area contributed by atoms with Crippen LogP contribution in [0.4, 0.5) is 5.69 Å². The molecule has 0 bridgehead atoms. The lowest BCUT2D eigenvalue weighted by molar-refractivity contribution is -0.384. The van der Waals surface area contributed by atoms with Crippen molar-refractivity contribution in [2.24, 2.45) is 4.99 Å². The van der Waals surface area contributed by atoms with Crippen molar-refractivity contribution in [1.82, 2.24) is 0 Å². The Bertz CT molecular complexity index is 1210. The summed E-state index contributed by atoms with van der Waals surface area (Å²) in [4.78, 5) is 26.7. The second kappa shape index (κ2) is 7.54. The van der Waals surface area contributed by atoms with Gasteiger partial charge in [0, 0.05) is 28.8 Å². The molecule has 0 atom stereocenters. The van der Waals surface area contributed by atoms with Gasteiger partial charge in [-0.05, 0) is 30.3 Å². The Kier molecular flexibility index (Phi) is 4.92. The number of rotatable bonds is 4. The van der Waals surface area contributed by atoms with Crippen LogP contribution in [0.1, 0.15) is 11.3 Å². The number of cyclic esters (lactones) is 1. The van der Waals surface area contributed by atoms with E-state index in [0.29, 0.717) is 16.5 Å². The normalized spacial score (nSPS) is 14.8. The van der Waals surface area contributed by atoms with Crippen LogP contribution in [-0.4, -0.2) is 16.8 Å². The Morgan fingerprint density at radius 1 is 1.07 bits per heavy atom. The number of halogens is 2. The van der Waals surface area contributed by atoms with Crippen LogP contribution >= 0.6 is 23.2 Å². The zero-order chi connectivity index (χ0) is 20.5. The fraction of sp³-hybridized carbons (Fsp3) is 0. The van der Waals surface area contributed by atoms with Gasteiger partial charge in [0.15, 0.2) is 5.70 Å². The van der Waals surface area contributed by atoms with E-state index < -0.39 is 10.9 Å². The molecule has 1 aliphatic heterocycles. The number of carbonyl (C=O) groups is 1. The number of carbonyl (C=O) groups excluding carboxylic acids is 1. The van der Waals surface area contributed by atoms with E-state index in [-0.39, 0.29) is 27.9 Å². The minimum absolute atomic E-state index is 0.0189. The fourth-order valence-electron chi connectivity index (χ4n) is 2.68. The Labute approximate surface area is 174 Å². The van der Waals surface area contributed by atoms with Crippen molar-refractivity contribution in [3.63, 3.8) is 0 Å². The smallest absolute Gasteiger partial charge is 0.363 e. The number of hydrogen-bond acceptors (Lipinski definition) is 6. The highest BCUT2D eigenvalue weighted by molar-refractivity contribution is 6.34. The van der Waals surface area contributed by atoms with Crippen LogP contribution in [0.15, 0.2) is 69.7 Å². The summed E-state index contributed by atoms with van der Waals surface area (Å²) in [6, 6.07) is 14.3. The monoisotopic (exact) mass is 428 g/mol. The highest BCUT2D eigenvalue weighted by atomic mass is 35.5. The molecule has 3 aromatic rings. The third-order valence-electron chi connectivity index (χ3n) is 4.03. The van der Waals surface area contributed by atoms with Gasteiger partial charge in [0.2, 0.25) is 5.90 Å². The lowest BCUT2D eigenvalue weighted by Crippen LogP contribution is -2.06. The molecular weight excluding hydrogens is 419 g/mol. The number of benzene rings is 2. The van der Waals surface area contributed by atoms with E-state index in [1.165, 1.54) is 24.3 Å². The Morgan fingerprint density at radius 2 is 1.90 bits per heavy atom. The molecule has 0 N–H and O–H groups in total. The number of ether oxygens (including phenoxy) is 1. The quantitative estimate of drug-likeness (QED) is 0.236. The molecule has 0 saturated carbocycles. The van der Waals surface area contributed by atoms with Gasteiger partial charge in [-0.25, -0.2) is 9.79 Å². The van der Waals surface area contributed by atoms with E-state index in [1.807, 2.05) is 6.07 Å². The van der Waals surface area contributed by atoms with Crippen molar-refractivity contribution in [1.29, 1.82) is 0 Å². The van der Waals surface area contributed by atoms with E-state index in [0.717, 1.165) is 5.56 Å². The van der Waals surface area contributed by atoms with Crippen LogP contribution < -0.4 is 0 Å². The second-order valence-electron chi connectivity index (χ2n) is 5.97. The number of furan rings is 1. The van der Waals surface area contributed by atoms with Gasteiger partial charge in [-0.3, -0.25) is 10.1 Å². The number of aliphatic imine (C=N–C) groups is 1. The third-order valence-corrected chi connectivity index (χ3v) is 4.59. The van der Waals surface area contributed by atoms with Crippen molar-refractivity contribution in [3.8, 4) is 11.3 Å². The topological polar surface area (TPSA) is 94.9 Å². The summed E-state index contributed by atoms with van der Waals surface area (Å²) in [5.41, 5.74) is 0.715. The molecule has 4 rings (SSSR count). The molecular formula is C20H10Cl2N2O5. The summed E-state index contributed by atoms with van der Waals surface area (Å²) in [7, 11) is 0. The highest BCUT2D eigenvalue weighted by Crippen LogP contribution is 2.29. The van der Waals surface area contributed by atoms with Crippen molar-refractivity contribution in [2.75, 3.05) is 0 Å². The summed E-state index contributed by atoms with van der Waals surface area (Å²) in [6.45, 7) is 0. The van der Waals surface area contributed by atoms with Gasteiger partial charge in [-0.1, -0.05) is 35.3 Å². The molecule has 0 saturated heterocycles. The van der Waals surface area contributed by atoms with E-state index >= 15 is 0 Å². The van der Waals surface area contributed by atoms with Crippen molar-refractivity contribution in [2.45, 2.75) is 0 Å². The molecule has 0 amide bonds. The summed E-state index contributed by atoms with van der Waals surface area (Å²) in [5, 5.41) is 11.7. The van der Waals surface area contributed by atoms with Crippen LogP contribution in [0.2, 0.25) is 10.0 Å². The van der Waals surface area contributed by atoms with Gasteiger partial charge in [0.05, 0.1) is 15.5 Å². The summed E-state index contributed by atoms with van der Waals surface area (Å²) in [6.07, 6.45) is 1.41. The zero-order valence-corrected chi connectivity index (χ0v) is 16.0. The lowest BCUT2D eigenvalue weighted by atomic mass is 10.2. The summed E-state index contributed by atoms with van der Waals surface area (Å²) in [5.74, 6) is 0.110. The first-order valence-corrected chi connectivity index (χ1v) is 8.99. The molecule has 0 fully saturated rings. The van der Waals surface area contributed by atoms with Gasteiger partial charge in [0.1, 0.15) is 11.5 Å². The molecule has 0 aliphatic carbocycles. The number of nitro groups is 1. The number of hydrogen-bond donors (Lipinski definition) is 0. The van der Waals surface area contributed by atoms with E-state index in [2.05, 4.69) is 4.99 Å². The van der Waals surface area contributed by atoms with Gasteiger partial charge >= 0.3 is 5.97 Å². The Hall–Kier alpha value is -3.42. The summed E-state index contributed by atoms with van der Waals surface area (Å²) < 4.78 is 10.9. The predicted molar refractivity (Wildman–Crippen MR) is 108 cm³/mol. The first kappa shape index (κ1) is 18.9. The highest BCUT2D eigenvalue weighted by Gasteiger charge is 2.27. The number of nitro benzene ring substituents is 1. The standard InChI is InChI=1S/C20H10Cl2N2O5/c21-12-3-1-2-11(8-12)18-7-5-14(28-18)10-17-20(25)29-19(23-17)15-9-13(24(26)27)4-6-16(15)22/h1-10H/b17-10-. The van der Waals surface area contributed by atoms with Crippen LogP contribution in [0.5, 0.6) is 0 Å². The van der Waals surface area contributed by atoms with Gasteiger partial charge in [0.25, 0.3) is 5.69 Å². The molecule has 9 heteroatoms. The molecule has 0 radical (unpaired) electrons. The average Bonchev–Trinajstić information content (AvgIpc) is 3.29. The molecule has 0 unspecified atom stereocenters. The van der Waals surface area contributed by atoms with Crippen LogP contribution in [0, 0.1) is 10.1 Å². The van der Waals surface area contributed by atoms with Crippen molar-refractivity contribution < 1.29 is 18.9 Å². The third kappa shape index (κ3) is 3.91. The number of nitrogens with zero attached hydrogens (tertiary/aromatic N) is 2. The molecule has 1 aliphatic rings. The Morgan fingerprint density at radius 3 is 2.66 bits per heavy atom. The SMILES string of the molecule is O=C1OC(c2cc([N+](=O)[O-])ccc2Cl)=N/C1=C\c1ccc(-c2cccc(Cl)c2)o1. The second-order valence-corrected chi connectivity index (χ2v) is 6.81. The maximum absolute atomic E-state index is 12.2. The first-order valence-electron chi connectivity index (χ1n) is 8.23. The molecule has 2 heterocycles. The lowest BCUT2D eigenvalue weighted by Gasteiger charge is -2.02. The maximum atomic E-state index is 12.2. The minimum Gasteiger partial charge on any atom is -0.457 e. The maximum Gasteiger partial charge on any atom is 0.363 e.